The van der Waals surface area contributed by atoms with Crippen molar-refractivity contribution < 1.29 is 19.1 Å². The largest absolute Gasteiger partial charge is 0.465 e. The molecule has 4 heteroatoms. The predicted molar refractivity (Wildman–Crippen MR) is 138 cm³/mol. The number of carbonyl (C=O) groups excluding carboxylic acids is 2. The van der Waals surface area contributed by atoms with Gasteiger partial charge in [-0.15, -0.1) is 0 Å². The highest BCUT2D eigenvalue weighted by molar-refractivity contribution is 6.02. The lowest BCUT2D eigenvalue weighted by molar-refractivity contribution is -0.174. The minimum Gasteiger partial charge on any atom is -0.465 e. The van der Waals surface area contributed by atoms with Gasteiger partial charge in [-0.05, 0) is 48.8 Å². The smallest absolute Gasteiger partial charge is 0.324 e. The van der Waals surface area contributed by atoms with Gasteiger partial charge in [0.05, 0.1) is 13.2 Å². The van der Waals surface area contributed by atoms with E-state index < -0.39 is 23.3 Å². The first-order chi connectivity index (χ1) is 17.1. The Hall–Kier alpha value is -3.66. The second-order valence-electron chi connectivity index (χ2n) is 8.87. The van der Waals surface area contributed by atoms with Crippen LogP contribution in [0, 0.1) is 11.3 Å². The Kier molecular flexibility index (Phi) is 7.81. The van der Waals surface area contributed by atoms with Crippen molar-refractivity contribution in [2.24, 2.45) is 11.3 Å². The lowest BCUT2D eigenvalue weighted by atomic mass is 9.73. The van der Waals surface area contributed by atoms with E-state index in [1.54, 1.807) is 13.8 Å². The van der Waals surface area contributed by atoms with Crippen molar-refractivity contribution in [2.75, 3.05) is 13.2 Å². The average molecular weight is 469 g/mol. The number of ether oxygens (including phenoxy) is 2. The Morgan fingerprint density at radius 3 is 1.77 bits per heavy atom. The predicted octanol–water partition coefficient (Wildman–Crippen LogP) is 6.40. The minimum atomic E-state index is -1.45. The summed E-state index contributed by atoms with van der Waals surface area (Å²) in [7, 11) is 0. The first-order valence-corrected chi connectivity index (χ1v) is 12.3. The van der Waals surface area contributed by atoms with Crippen molar-refractivity contribution in [2.45, 2.75) is 32.1 Å². The molecule has 0 N–H and O–H groups in total. The summed E-state index contributed by atoms with van der Waals surface area (Å²) >= 11 is 0. The highest BCUT2D eigenvalue weighted by atomic mass is 16.6. The molecule has 0 amide bonds. The van der Waals surface area contributed by atoms with E-state index in [0.29, 0.717) is 6.42 Å². The third-order valence-electron chi connectivity index (χ3n) is 6.92. The van der Waals surface area contributed by atoms with E-state index in [9.17, 15) is 9.59 Å². The summed E-state index contributed by atoms with van der Waals surface area (Å²) in [5.74, 6) is -1.67. The second-order valence-corrected chi connectivity index (χ2v) is 8.87. The zero-order valence-corrected chi connectivity index (χ0v) is 20.3. The highest BCUT2D eigenvalue weighted by Crippen LogP contribution is 2.60. The average Bonchev–Trinajstić information content (AvgIpc) is 3.26. The fourth-order valence-corrected chi connectivity index (χ4v) is 5.41. The molecule has 0 aromatic heterocycles. The summed E-state index contributed by atoms with van der Waals surface area (Å²) in [6, 6.07) is 30.2. The maximum atomic E-state index is 13.7. The molecular weight excluding hydrogens is 436 g/mol. The lowest BCUT2D eigenvalue weighted by Gasteiger charge is -2.31. The standard InChI is InChI=1S/C31H32O4/c1-3-34-29(32)31(30(33)35-4-2)22-26(24-16-10-6-11-17-24)28(25-18-12-7-13-19-25)27(31)21-20-23-14-8-5-9-15-23/h5-21,26-28H,3-4,22H2,1-2H3/b21-20+/t26-,27+,28-/m0/s1. The summed E-state index contributed by atoms with van der Waals surface area (Å²) in [4.78, 5) is 27.4. The Morgan fingerprint density at radius 1 is 0.771 bits per heavy atom. The Morgan fingerprint density at radius 2 is 1.26 bits per heavy atom. The van der Waals surface area contributed by atoms with E-state index in [4.69, 9.17) is 9.47 Å². The summed E-state index contributed by atoms with van der Waals surface area (Å²) in [6.45, 7) is 3.93. The molecule has 3 atom stereocenters. The highest BCUT2D eigenvalue weighted by Gasteiger charge is 2.63. The fraction of sp³-hybridized carbons (Fsp3) is 0.290. The first-order valence-electron chi connectivity index (χ1n) is 12.3. The van der Waals surface area contributed by atoms with Crippen LogP contribution in [0.5, 0.6) is 0 Å². The van der Waals surface area contributed by atoms with Crippen molar-refractivity contribution in [3.8, 4) is 0 Å². The van der Waals surface area contributed by atoms with Gasteiger partial charge in [0.15, 0.2) is 5.41 Å². The van der Waals surface area contributed by atoms with E-state index in [1.807, 2.05) is 78.9 Å². The first kappa shape index (κ1) is 24.5. The van der Waals surface area contributed by atoms with Crippen molar-refractivity contribution >= 4 is 18.0 Å². The Balaban J connectivity index is 1.93. The summed E-state index contributed by atoms with van der Waals surface area (Å²) in [6.07, 6.45) is 4.34. The monoisotopic (exact) mass is 468 g/mol. The van der Waals surface area contributed by atoms with Crippen LogP contribution in [0.4, 0.5) is 0 Å². The number of esters is 2. The fourth-order valence-electron chi connectivity index (χ4n) is 5.41. The van der Waals surface area contributed by atoms with E-state index in [0.717, 1.165) is 16.7 Å². The summed E-state index contributed by atoms with van der Waals surface area (Å²) in [5.41, 5.74) is 1.73. The molecule has 35 heavy (non-hydrogen) atoms. The molecule has 4 rings (SSSR count). The van der Waals surface area contributed by atoms with Gasteiger partial charge in [0.2, 0.25) is 0 Å². The van der Waals surface area contributed by atoms with Crippen molar-refractivity contribution in [1.82, 2.24) is 0 Å². The van der Waals surface area contributed by atoms with Crippen molar-refractivity contribution in [1.29, 1.82) is 0 Å². The minimum absolute atomic E-state index is 0.0714. The lowest BCUT2D eigenvalue weighted by Crippen LogP contribution is -2.45. The normalized spacial score (nSPS) is 21.0. The number of benzene rings is 3. The van der Waals surface area contributed by atoms with E-state index >= 15 is 0 Å². The molecule has 3 aromatic rings. The van der Waals surface area contributed by atoms with Crippen LogP contribution in [0.3, 0.4) is 0 Å². The Bertz CT molecular complexity index is 1120. The molecule has 0 unspecified atom stereocenters. The summed E-state index contributed by atoms with van der Waals surface area (Å²) in [5, 5.41) is 0. The van der Waals surface area contributed by atoms with Crippen LogP contribution in [-0.2, 0) is 19.1 Å². The van der Waals surface area contributed by atoms with Crippen LogP contribution in [0.15, 0.2) is 97.1 Å². The van der Waals surface area contributed by atoms with Crippen LogP contribution in [0.1, 0.15) is 48.8 Å². The van der Waals surface area contributed by atoms with Gasteiger partial charge in [-0.3, -0.25) is 9.59 Å². The zero-order chi connectivity index (χ0) is 24.7. The molecule has 0 spiro atoms. The third-order valence-corrected chi connectivity index (χ3v) is 6.92. The molecule has 180 valence electrons. The maximum Gasteiger partial charge on any atom is 0.324 e. The van der Waals surface area contributed by atoms with Crippen molar-refractivity contribution in [3.63, 3.8) is 0 Å². The molecule has 4 nitrogen and oxygen atoms in total. The summed E-state index contributed by atoms with van der Waals surface area (Å²) < 4.78 is 11.1. The zero-order valence-electron chi connectivity index (χ0n) is 20.3. The molecule has 0 radical (unpaired) electrons. The van der Waals surface area contributed by atoms with E-state index in [-0.39, 0.29) is 25.0 Å². The van der Waals surface area contributed by atoms with Gasteiger partial charge in [-0.1, -0.05) is 103 Å². The van der Waals surface area contributed by atoms with Gasteiger partial charge in [-0.25, -0.2) is 0 Å². The molecule has 1 fully saturated rings. The number of rotatable bonds is 8. The van der Waals surface area contributed by atoms with Crippen LogP contribution in [0.2, 0.25) is 0 Å². The third kappa shape index (κ3) is 4.93. The van der Waals surface area contributed by atoms with E-state index in [1.165, 1.54) is 0 Å². The van der Waals surface area contributed by atoms with Crippen molar-refractivity contribution in [3.05, 3.63) is 114 Å². The van der Waals surface area contributed by atoms with Gasteiger partial charge in [0, 0.05) is 5.92 Å². The molecule has 1 aliphatic carbocycles. The topological polar surface area (TPSA) is 52.6 Å². The van der Waals surface area contributed by atoms with Gasteiger partial charge >= 0.3 is 11.9 Å². The molecule has 0 bridgehead atoms. The maximum absolute atomic E-state index is 13.7. The van der Waals surface area contributed by atoms with Crippen LogP contribution in [0.25, 0.3) is 6.08 Å². The number of allylic oxidation sites excluding steroid dienone is 1. The molecule has 0 heterocycles. The molecule has 1 saturated carbocycles. The van der Waals surface area contributed by atoms with Gasteiger partial charge in [0.1, 0.15) is 0 Å². The number of hydrogen-bond acceptors (Lipinski definition) is 4. The van der Waals surface area contributed by atoms with Crippen LogP contribution < -0.4 is 0 Å². The van der Waals surface area contributed by atoms with Gasteiger partial charge in [-0.2, -0.15) is 0 Å². The molecule has 0 aliphatic heterocycles. The number of carbonyl (C=O) groups is 2. The quantitative estimate of drug-likeness (QED) is 0.284. The molecule has 3 aromatic carbocycles. The van der Waals surface area contributed by atoms with Crippen LogP contribution in [-0.4, -0.2) is 25.2 Å². The molecule has 1 aliphatic rings. The molecule has 0 saturated heterocycles. The van der Waals surface area contributed by atoms with Crippen LogP contribution >= 0.6 is 0 Å². The van der Waals surface area contributed by atoms with Gasteiger partial charge < -0.3 is 9.47 Å². The second kappa shape index (κ2) is 11.2. The van der Waals surface area contributed by atoms with E-state index in [2.05, 4.69) is 24.3 Å². The molecular formula is C31H32O4. The Labute approximate surface area is 207 Å². The van der Waals surface area contributed by atoms with Gasteiger partial charge in [0.25, 0.3) is 0 Å². The number of hydrogen-bond donors (Lipinski definition) is 0. The SMILES string of the molecule is CCOC(=O)C1(C(=O)OCC)C[C@@H](c2ccccc2)[C@H](c2ccccc2)[C@H]1/C=C/c1ccccc1.